The van der Waals surface area contributed by atoms with E-state index in [2.05, 4.69) is 5.11 Å². The lowest BCUT2D eigenvalue weighted by molar-refractivity contribution is 0.347. The van der Waals surface area contributed by atoms with Gasteiger partial charge in [-0.05, 0) is 12.1 Å². The van der Waals surface area contributed by atoms with Crippen LogP contribution in [0.1, 0.15) is 0 Å². The Labute approximate surface area is 67.9 Å². The van der Waals surface area contributed by atoms with Gasteiger partial charge in [0, 0.05) is 0 Å². The second kappa shape index (κ2) is 2.34. The van der Waals surface area contributed by atoms with Gasteiger partial charge in [-0.15, -0.1) is 0 Å². The van der Waals surface area contributed by atoms with E-state index in [1.807, 2.05) is 0 Å². The zero-order valence-corrected chi connectivity index (χ0v) is 6.11. The highest BCUT2D eigenvalue weighted by Gasteiger charge is 2.10. The Kier molecular flexibility index (Phi) is 1.33. The van der Waals surface area contributed by atoms with Gasteiger partial charge in [0.2, 0.25) is 0 Å². The Hall–Kier alpha value is -1.84. The number of fused-ring (bicyclic) bond motifs is 1. The summed E-state index contributed by atoms with van der Waals surface area (Å²) in [5.41, 5.74) is 7.52. The molecule has 0 aliphatic rings. The number of furan rings is 1. The van der Waals surface area contributed by atoms with E-state index in [-0.39, 0.29) is 11.6 Å². The first-order valence-electron chi connectivity index (χ1n) is 3.41. The Morgan fingerprint density at radius 1 is 1.33 bits per heavy atom. The van der Waals surface area contributed by atoms with Gasteiger partial charge in [0.05, 0.1) is 5.39 Å². The summed E-state index contributed by atoms with van der Waals surface area (Å²) in [6, 6.07) is 7.04. The first kappa shape index (κ1) is 6.84. The minimum Gasteiger partial charge on any atom is -0.479 e. The quantitative estimate of drug-likeness (QED) is 0.633. The number of hydrogen-bond acceptors (Lipinski definition) is 4. The van der Waals surface area contributed by atoms with Crippen LogP contribution in [-0.4, -0.2) is 5.11 Å². The van der Waals surface area contributed by atoms with Crippen LogP contribution in [0.4, 0.5) is 5.69 Å². The minimum atomic E-state index is -0.300. The molecule has 4 nitrogen and oxygen atoms in total. The minimum absolute atomic E-state index is 0.186. The van der Waals surface area contributed by atoms with Crippen LogP contribution in [0.15, 0.2) is 33.8 Å². The molecule has 0 bridgehead atoms. The number of rotatable bonds is 1. The predicted molar refractivity (Wildman–Crippen MR) is 42.7 cm³/mol. The second-order valence-corrected chi connectivity index (χ2v) is 2.36. The van der Waals surface area contributed by atoms with Crippen molar-refractivity contribution in [3.05, 3.63) is 24.3 Å². The highest BCUT2D eigenvalue weighted by molar-refractivity contribution is 5.91. The molecule has 0 saturated heterocycles. The largest absolute Gasteiger partial charge is 0.479 e. The smallest absolute Gasteiger partial charge is 0.311 e. The van der Waals surface area contributed by atoms with E-state index >= 15 is 0 Å². The van der Waals surface area contributed by atoms with Gasteiger partial charge in [0.25, 0.3) is 0 Å². The van der Waals surface area contributed by atoms with Crippen molar-refractivity contribution in [3.8, 4) is 5.95 Å². The first-order valence-corrected chi connectivity index (χ1v) is 3.41. The molecule has 12 heavy (non-hydrogen) atoms. The lowest BCUT2D eigenvalue weighted by atomic mass is 10.2. The molecule has 1 aromatic heterocycles. The Balaban J connectivity index is 2.90. The molecule has 0 spiro atoms. The SMILES string of the molecule is N=Nc1c(O)oc2ccccc12. The maximum absolute atomic E-state index is 9.15. The number of hydrogen-bond donors (Lipinski definition) is 2. The zero-order chi connectivity index (χ0) is 8.55. The van der Waals surface area contributed by atoms with Crippen LogP contribution in [0.25, 0.3) is 11.0 Å². The standard InChI is InChI=1S/C8H6N2O2/c9-10-7-5-3-1-2-4-6(5)12-8(7)11/h1-4,9,11H. The molecule has 0 saturated carbocycles. The van der Waals surface area contributed by atoms with Gasteiger partial charge in [-0.25, -0.2) is 5.53 Å². The molecular formula is C8H6N2O2. The van der Waals surface area contributed by atoms with E-state index in [0.29, 0.717) is 11.0 Å². The Bertz CT molecular complexity index is 434. The molecule has 0 fully saturated rings. The molecule has 0 atom stereocenters. The summed E-state index contributed by atoms with van der Waals surface area (Å²) in [5, 5.41) is 13.0. The van der Waals surface area contributed by atoms with Crippen molar-refractivity contribution in [2.75, 3.05) is 0 Å². The van der Waals surface area contributed by atoms with Gasteiger partial charge >= 0.3 is 5.95 Å². The maximum Gasteiger partial charge on any atom is 0.311 e. The molecule has 60 valence electrons. The summed E-state index contributed by atoms with van der Waals surface area (Å²) in [6.45, 7) is 0. The third-order valence-electron chi connectivity index (χ3n) is 1.66. The van der Waals surface area contributed by atoms with E-state index in [0.717, 1.165) is 0 Å². The molecule has 0 unspecified atom stereocenters. The van der Waals surface area contributed by atoms with E-state index in [1.54, 1.807) is 24.3 Å². The first-order chi connectivity index (χ1) is 5.83. The lowest BCUT2D eigenvalue weighted by Crippen LogP contribution is -1.60. The van der Waals surface area contributed by atoms with Crippen LogP contribution in [0.3, 0.4) is 0 Å². The molecule has 1 aromatic carbocycles. The summed E-state index contributed by atoms with van der Waals surface area (Å²) in [6.07, 6.45) is 0. The van der Waals surface area contributed by atoms with Crippen molar-refractivity contribution in [2.45, 2.75) is 0 Å². The van der Waals surface area contributed by atoms with Gasteiger partial charge in [0.1, 0.15) is 5.58 Å². The van der Waals surface area contributed by atoms with Crippen LogP contribution in [0.2, 0.25) is 0 Å². The molecule has 4 heteroatoms. The normalized spacial score (nSPS) is 10.3. The summed E-state index contributed by atoms with van der Waals surface area (Å²) in [4.78, 5) is 0. The van der Waals surface area contributed by atoms with Gasteiger partial charge in [-0.1, -0.05) is 12.1 Å². The molecule has 2 aromatic rings. The van der Waals surface area contributed by atoms with Crippen molar-refractivity contribution in [1.82, 2.24) is 0 Å². The van der Waals surface area contributed by atoms with Crippen molar-refractivity contribution in [2.24, 2.45) is 5.11 Å². The van der Waals surface area contributed by atoms with Crippen LogP contribution in [-0.2, 0) is 0 Å². The molecule has 0 aliphatic heterocycles. The Morgan fingerprint density at radius 2 is 2.08 bits per heavy atom. The number of nitrogens with zero attached hydrogens (tertiary/aromatic N) is 1. The van der Waals surface area contributed by atoms with E-state index in [1.165, 1.54) is 0 Å². The molecule has 0 radical (unpaired) electrons. The topological polar surface area (TPSA) is 69.6 Å². The monoisotopic (exact) mass is 162 g/mol. The fourth-order valence-electron chi connectivity index (χ4n) is 1.13. The van der Waals surface area contributed by atoms with Crippen LogP contribution < -0.4 is 0 Å². The van der Waals surface area contributed by atoms with Crippen LogP contribution in [0, 0.1) is 5.53 Å². The fourth-order valence-corrected chi connectivity index (χ4v) is 1.13. The number of benzene rings is 1. The molecular weight excluding hydrogens is 156 g/mol. The van der Waals surface area contributed by atoms with Crippen LogP contribution in [0.5, 0.6) is 5.95 Å². The van der Waals surface area contributed by atoms with Crippen LogP contribution >= 0.6 is 0 Å². The van der Waals surface area contributed by atoms with E-state index in [4.69, 9.17) is 15.1 Å². The molecule has 0 amide bonds. The summed E-state index contributed by atoms with van der Waals surface area (Å²) < 4.78 is 4.93. The Morgan fingerprint density at radius 3 is 2.83 bits per heavy atom. The zero-order valence-electron chi connectivity index (χ0n) is 6.11. The molecule has 2 rings (SSSR count). The van der Waals surface area contributed by atoms with Crippen molar-refractivity contribution >= 4 is 16.7 Å². The number of para-hydroxylation sites is 1. The van der Waals surface area contributed by atoms with Crippen molar-refractivity contribution in [3.63, 3.8) is 0 Å². The molecule has 1 heterocycles. The third kappa shape index (κ3) is 0.780. The van der Waals surface area contributed by atoms with Gasteiger partial charge in [0.15, 0.2) is 5.69 Å². The summed E-state index contributed by atoms with van der Waals surface area (Å²) in [5.74, 6) is -0.300. The van der Waals surface area contributed by atoms with Crippen molar-refractivity contribution in [1.29, 1.82) is 5.53 Å². The number of nitrogens with one attached hydrogen (secondary N) is 1. The molecule has 2 N–H and O–H groups in total. The van der Waals surface area contributed by atoms with E-state index in [9.17, 15) is 0 Å². The second-order valence-electron chi connectivity index (χ2n) is 2.36. The van der Waals surface area contributed by atoms with Gasteiger partial charge < -0.3 is 9.52 Å². The highest BCUT2D eigenvalue weighted by Crippen LogP contribution is 2.37. The summed E-state index contributed by atoms with van der Waals surface area (Å²) in [7, 11) is 0. The maximum atomic E-state index is 9.15. The highest BCUT2D eigenvalue weighted by atomic mass is 16.5. The average molecular weight is 162 g/mol. The van der Waals surface area contributed by atoms with Gasteiger partial charge in [-0.2, -0.15) is 5.11 Å². The van der Waals surface area contributed by atoms with Gasteiger partial charge in [-0.3, -0.25) is 0 Å². The fraction of sp³-hybridized carbons (Fsp3) is 0. The van der Waals surface area contributed by atoms with Crippen molar-refractivity contribution < 1.29 is 9.52 Å². The predicted octanol–water partition coefficient (Wildman–Crippen LogP) is 2.80. The molecule has 0 aliphatic carbocycles. The lowest BCUT2D eigenvalue weighted by Gasteiger charge is -1.84. The van der Waals surface area contributed by atoms with E-state index < -0.39 is 0 Å². The third-order valence-corrected chi connectivity index (χ3v) is 1.66. The number of aromatic hydroxyl groups is 1. The average Bonchev–Trinajstić information content (AvgIpc) is 2.40. The summed E-state index contributed by atoms with van der Waals surface area (Å²) >= 11 is 0.